The minimum Gasteiger partial charge on any atom is -0.497 e. The molecule has 0 aliphatic heterocycles. The van der Waals surface area contributed by atoms with Crippen molar-refractivity contribution in [2.24, 2.45) is 0 Å². The Balaban J connectivity index is 2.66. The fourth-order valence-electron chi connectivity index (χ4n) is 0.796. The second-order valence-electron chi connectivity index (χ2n) is 2.12. The molecule has 0 bridgehead atoms. The molecule has 0 heterocycles. The Bertz CT molecular complexity index is 208. The first-order valence-electron chi connectivity index (χ1n) is 3.26. The average Bonchev–Trinajstić information content (AvgIpc) is 2.07. The van der Waals surface area contributed by atoms with Crippen LogP contribution in [-0.4, -0.2) is 7.11 Å². The lowest BCUT2D eigenvalue weighted by molar-refractivity contribution is 0.371. The first kappa shape index (κ1) is 8.43. The summed E-state index contributed by atoms with van der Waals surface area (Å²) in [6.07, 6.45) is 0. The first-order valence-corrected chi connectivity index (χ1v) is 3.62. The normalized spacial score (nSPS) is 9.64. The lowest BCUT2D eigenvalue weighted by Gasteiger charge is -2.00. The fourth-order valence-corrected chi connectivity index (χ4v) is 0.945. The molecule has 0 atom stereocenters. The summed E-state index contributed by atoms with van der Waals surface area (Å²) in [5, 5.41) is 0. The standard InChI is InChI=1S/C8H10O2S/c1-9-8-4-2-7(3-5-8)6-10-11/h2-5,11H,6H2,1H3. The van der Waals surface area contributed by atoms with E-state index in [0.29, 0.717) is 6.61 Å². The van der Waals surface area contributed by atoms with E-state index in [2.05, 4.69) is 17.1 Å². The van der Waals surface area contributed by atoms with Gasteiger partial charge in [-0.3, -0.25) is 0 Å². The van der Waals surface area contributed by atoms with Crippen LogP contribution in [0.1, 0.15) is 5.56 Å². The number of ether oxygens (including phenoxy) is 1. The van der Waals surface area contributed by atoms with E-state index in [1.165, 1.54) is 0 Å². The molecule has 0 spiro atoms. The van der Waals surface area contributed by atoms with Crippen LogP contribution in [0.5, 0.6) is 5.75 Å². The summed E-state index contributed by atoms with van der Waals surface area (Å²) in [5.74, 6) is 0.855. The van der Waals surface area contributed by atoms with Gasteiger partial charge in [-0.1, -0.05) is 12.1 Å². The maximum atomic E-state index is 4.99. The van der Waals surface area contributed by atoms with Gasteiger partial charge in [0.2, 0.25) is 0 Å². The molecule has 2 nitrogen and oxygen atoms in total. The van der Waals surface area contributed by atoms with Gasteiger partial charge in [0.05, 0.1) is 13.7 Å². The number of thiol groups is 1. The van der Waals surface area contributed by atoms with E-state index in [1.54, 1.807) is 7.11 Å². The number of hydrogen-bond donors (Lipinski definition) is 1. The third-order valence-corrected chi connectivity index (χ3v) is 1.52. The van der Waals surface area contributed by atoms with Crippen molar-refractivity contribution in [2.45, 2.75) is 6.61 Å². The van der Waals surface area contributed by atoms with Crippen LogP contribution in [0, 0.1) is 0 Å². The maximum absolute atomic E-state index is 4.99. The second-order valence-corrected chi connectivity index (χ2v) is 2.38. The van der Waals surface area contributed by atoms with Crippen LogP contribution >= 0.6 is 12.9 Å². The van der Waals surface area contributed by atoms with Crippen LogP contribution in [0.25, 0.3) is 0 Å². The molecular weight excluding hydrogens is 160 g/mol. The first-order chi connectivity index (χ1) is 5.36. The fraction of sp³-hybridized carbons (Fsp3) is 0.250. The highest BCUT2D eigenvalue weighted by atomic mass is 32.1. The zero-order valence-corrected chi connectivity index (χ0v) is 7.17. The van der Waals surface area contributed by atoms with Crippen molar-refractivity contribution in [1.82, 2.24) is 0 Å². The van der Waals surface area contributed by atoms with Gasteiger partial charge in [0, 0.05) is 0 Å². The van der Waals surface area contributed by atoms with Crippen LogP contribution in [0.4, 0.5) is 0 Å². The molecule has 0 fully saturated rings. The van der Waals surface area contributed by atoms with Gasteiger partial charge in [-0.15, -0.1) is 0 Å². The molecule has 1 aromatic carbocycles. The predicted octanol–water partition coefficient (Wildman–Crippen LogP) is 2.06. The summed E-state index contributed by atoms with van der Waals surface area (Å²) in [6.45, 7) is 0.521. The maximum Gasteiger partial charge on any atom is 0.118 e. The lowest BCUT2D eigenvalue weighted by Crippen LogP contribution is -1.85. The van der Waals surface area contributed by atoms with Crippen molar-refractivity contribution in [1.29, 1.82) is 0 Å². The number of hydrogen-bond acceptors (Lipinski definition) is 3. The van der Waals surface area contributed by atoms with Gasteiger partial charge in [-0.25, -0.2) is 0 Å². The van der Waals surface area contributed by atoms with Gasteiger partial charge in [-0.05, 0) is 30.6 Å². The van der Waals surface area contributed by atoms with E-state index in [9.17, 15) is 0 Å². The van der Waals surface area contributed by atoms with Crippen LogP contribution in [-0.2, 0) is 10.8 Å². The van der Waals surface area contributed by atoms with Gasteiger partial charge in [0.15, 0.2) is 0 Å². The van der Waals surface area contributed by atoms with Crippen LogP contribution in [0.2, 0.25) is 0 Å². The molecule has 0 aliphatic carbocycles. The smallest absolute Gasteiger partial charge is 0.118 e. The van der Waals surface area contributed by atoms with E-state index in [1.807, 2.05) is 24.3 Å². The Morgan fingerprint density at radius 3 is 2.36 bits per heavy atom. The highest BCUT2D eigenvalue weighted by Gasteiger charge is 1.92. The molecule has 11 heavy (non-hydrogen) atoms. The highest BCUT2D eigenvalue weighted by Crippen LogP contribution is 2.11. The third-order valence-electron chi connectivity index (χ3n) is 1.39. The summed E-state index contributed by atoms with van der Waals surface area (Å²) in [7, 11) is 1.64. The summed E-state index contributed by atoms with van der Waals surface area (Å²) in [5.41, 5.74) is 1.08. The zero-order chi connectivity index (χ0) is 8.10. The van der Waals surface area contributed by atoms with Gasteiger partial charge in [0.25, 0.3) is 0 Å². The van der Waals surface area contributed by atoms with Gasteiger partial charge < -0.3 is 8.92 Å². The Morgan fingerprint density at radius 2 is 1.91 bits per heavy atom. The van der Waals surface area contributed by atoms with Gasteiger partial charge in [-0.2, -0.15) is 0 Å². The molecule has 0 aromatic heterocycles. The summed E-state index contributed by atoms with van der Waals surface area (Å²) in [4.78, 5) is 0. The summed E-state index contributed by atoms with van der Waals surface area (Å²) in [6, 6.07) is 7.66. The van der Waals surface area contributed by atoms with Crippen LogP contribution in [0.3, 0.4) is 0 Å². The monoisotopic (exact) mass is 170 g/mol. The topological polar surface area (TPSA) is 18.5 Å². The molecule has 1 rings (SSSR count). The quantitative estimate of drug-likeness (QED) is 0.553. The van der Waals surface area contributed by atoms with E-state index < -0.39 is 0 Å². The number of rotatable bonds is 3. The van der Waals surface area contributed by atoms with Crippen LogP contribution < -0.4 is 4.74 Å². The average molecular weight is 170 g/mol. The molecule has 0 N–H and O–H groups in total. The van der Waals surface area contributed by atoms with Crippen molar-refractivity contribution >= 4 is 12.9 Å². The molecule has 0 amide bonds. The SMILES string of the molecule is COc1ccc(COS)cc1. The Morgan fingerprint density at radius 1 is 1.27 bits per heavy atom. The lowest BCUT2D eigenvalue weighted by atomic mass is 10.2. The Labute approximate surface area is 71.8 Å². The van der Waals surface area contributed by atoms with E-state index in [0.717, 1.165) is 11.3 Å². The molecule has 0 unspecified atom stereocenters. The summed E-state index contributed by atoms with van der Waals surface area (Å²) < 4.78 is 9.64. The molecule has 3 heteroatoms. The van der Waals surface area contributed by atoms with Crippen molar-refractivity contribution in [2.75, 3.05) is 7.11 Å². The second kappa shape index (κ2) is 4.26. The number of methoxy groups -OCH3 is 1. The van der Waals surface area contributed by atoms with Crippen molar-refractivity contribution < 1.29 is 8.92 Å². The molecule has 1 aromatic rings. The van der Waals surface area contributed by atoms with Crippen molar-refractivity contribution in [3.8, 4) is 5.75 Å². The third kappa shape index (κ3) is 2.44. The summed E-state index contributed by atoms with van der Waals surface area (Å²) >= 11 is 3.65. The minimum absolute atomic E-state index is 0.521. The Kier molecular flexibility index (Phi) is 3.26. The van der Waals surface area contributed by atoms with Crippen molar-refractivity contribution in [3.05, 3.63) is 29.8 Å². The van der Waals surface area contributed by atoms with Crippen LogP contribution in [0.15, 0.2) is 24.3 Å². The molecule has 0 saturated carbocycles. The molecule has 0 saturated heterocycles. The molecular formula is C8H10O2S. The van der Waals surface area contributed by atoms with E-state index in [4.69, 9.17) is 4.74 Å². The van der Waals surface area contributed by atoms with Gasteiger partial charge >= 0.3 is 0 Å². The van der Waals surface area contributed by atoms with Crippen molar-refractivity contribution in [3.63, 3.8) is 0 Å². The predicted molar refractivity (Wildman–Crippen MR) is 46.8 cm³/mol. The van der Waals surface area contributed by atoms with Gasteiger partial charge in [0.1, 0.15) is 5.75 Å². The zero-order valence-electron chi connectivity index (χ0n) is 6.28. The molecule has 60 valence electrons. The van der Waals surface area contributed by atoms with E-state index in [-0.39, 0.29) is 0 Å². The highest BCUT2D eigenvalue weighted by molar-refractivity contribution is 7.75. The van der Waals surface area contributed by atoms with E-state index >= 15 is 0 Å². The number of benzene rings is 1. The molecule has 0 aliphatic rings. The molecule has 0 radical (unpaired) electrons. The Hall–Kier alpha value is -0.670. The largest absolute Gasteiger partial charge is 0.497 e. The minimum atomic E-state index is 0.521.